The van der Waals surface area contributed by atoms with Gasteiger partial charge in [-0.05, 0) is 57.2 Å². The SMILES string of the molecule is Cc1ccc2c(C)c(CCC(=O)O[C@H](C)C(=O)N(C)C3CCCCC3)c(=O)oc2c1. The molecule has 30 heavy (non-hydrogen) atoms. The normalized spacial score (nSPS) is 15.7. The number of amides is 1. The minimum Gasteiger partial charge on any atom is -0.453 e. The number of esters is 1. The van der Waals surface area contributed by atoms with Gasteiger partial charge in [0.15, 0.2) is 6.10 Å². The molecule has 1 aromatic carbocycles. The Morgan fingerprint density at radius 2 is 1.90 bits per heavy atom. The number of ether oxygens (including phenoxy) is 1. The van der Waals surface area contributed by atoms with Gasteiger partial charge >= 0.3 is 11.6 Å². The Morgan fingerprint density at radius 1 is 1.20 bits per heavy atom. The van der Waals surface area contributed by atoms with E-state index in [1.165, 1.54) is 6.42 Å². The summed E-state index contributed by atoms with van der Waals surface area (Å²) in [5.74, 6) is -0.664. The molecule has 0 N–H and O–H groups in total. The molecular formula is C24H31NO5. The van der Waals surface area contributed by atoms with E-state index in [-0.39, 0.29) is 24.8 Å². The molecule has 0 spiro atoms. The number of likely N-dealkylation sites (N-methyl/N-ethyl adjacent to an activating group) is 1. The molecule has 0 saturated heterocycles. The van der Waals surface area contributed by atoms with Gasteiger partial charge in [0.2, 0.25) is 0 Å². The number of carbonyl (C=O) groups excluding carboxylic acids is 2. The standard InChI is InChI=1S/C24H31NO5/c1-15-10-11-19-16(2)20(24(28)30-21(19)14-15)12-13-22(26)29-17(3)23(27)25(4)18-8-6-5-7-9-18/h10-11,14,17-18H,5-9,12-13H2,1-4H3/t17-/m1/s1. The molecule has 2 aromatic rings. The zero-order chi connectivity index (χ0) is 21.8. The van der Waals surface area contributed by atoms with Gasteiger partial charge in [0.25, 0.3) is 5.91 Å². The average Bonchev–Trinajstić information content (AvgIpc) is 2.72. The largest absolute Gasteiger partial charge is 0.453 e. The van der Waals surface area contributed by atoms with Crippen LogP contribution in [0.25, 0.3) is 11.0 Å². The van der Waals surface area contributed by atoms with Crippen molar-refractivity contribution < 1.29 is 18.7 Å². The van der Waals surface area contributed by atoms with E-state index in [2.05, 4.69) is 0 Å². The Balaban J connectivity index is 1.61. The minimum absolute atomic E-state index is 0.0216. The van der Waals surface area contributed by atoms with Gasteiger partial charge in [-0.1, -0.05) is 31.4 Å². The van der Waals surface area contributed by atoms with E-state index in [1.54, 1.807) is 18.9 Å². The summed E-state index contributed by atoms with van der Waals surface area (Å²) in [4.78, 5) is 39.1. The second-order valence-electron chi connectivity index (χ2n) is 8.37. The van der Waals surface area contributed by atoms with E-state index in [9.17, 15) is 14.4 Å². The number of hydrogen-bond donors (Lipinski definition) is 0. The Kier molecular flexibility index (Phi) is 6.95. The quantitative estimate of drug-likeness (QED) is 0.527. The number of aryl methyl sites for hydroxylation is 2. The average molecular weight is 414 g/mol. The van der Waals surface area contributed by atoms with Crippen molar-refractivity contribution in [3.8, 4) is 0 Å². The summed E-state index contributed by atoms with van der Waals surface area (Å²) >= 11 is 0. The predicted molar refractivity (Wildman–Crippen MR) is 115 cm³/mol. The minimum atomic E-state index is -0.832. The first-order valence-corrected chi connectivity index (χ1v) is 10.8. The molecule has 0 radical (unpaired) electrons. The third-order valence-electron chi connectivity index (χ3n) is 6.15. The van der Waals surface area contributed by atoms with Crippen molar-refractivity contribution in [1.29, 1.82) is 0 Å². The van der Waals surface area contributed by atoms with Gasteiger partial charge in [0.05, 0.1) is 0 Å². The van der Waals surface area contributed by atoms with Crippen LogP contribution in [0.2, 0.25) is 0 Å². The topological polar surface area (TPSA) is 76.8 Å². The van der Waals surface area contributed by atoms with Crippen molar-refractivity contribution in [2.45, 2.75) is 77.9 Å². The predicted octanol–water partition coefficient (Wildman–Crippen LogP) is 4.07. The van der Waals surface area contributed by atoms with Crippen LogP contribution in [0.1, 0.15) is 62.1 Å². The van der Waals surface area contributed by atoms with Crippen LogP contribution in [0.15, 0.2) is 27.4 Å². The molecule has 1 amide bonds. The molecule has 1 aliphatic carbocycles. The number of nitrogens with zero attached hydrogens (tertiary/aromatic N) is 1. The Labute approximate surface area is 177 Å². The summed E-state index contributed by atoms with van der Waals surface area (Å²) in [6.45, 7) is 5.41. The van der Waals surface area contributed by atoms with Crippen LogP contribution >= 0.6 is 0 Å². The summed E-state index contributed by atoms with van der Waals surface area (Å²) in [6, 6.07) is 5.94. The van der Waals surface area contributed by atoms with Crippen molar-refractivity contribution in [2.24, 2.45) is 0 Å². The zero-order valence-electron chi connectivity index (χ0n) is 18.3. The lowest BCUT2D eigenvalue weighted by atomic mass is 9.94. The fraction of sp³-hybridized carbons (Fsp3) is 0.542. The lowest BCUT2D eigenvalue weighted by Crippen LogP contribution is -2.44. The number of hydrogen-bond acceptors (Lipinski definition) is 5. The Hall–Kier alpha value is -2.63. The van der Waals surface area contributed by atoms with Gasteiger partial charge in [-0.2, -0.15) is 0 Å². The number of benzene rings is 1. The third-order valence-corrected chi connectivity index (χ3v) is 6.15. The highest BCUT2D eigenvalue weighted by Gasteiger charge is 2.27. The molecule has 6 heteroatoms. The van der Waals surface area contributed by atoms with Crippen molar-refractivity contribution >= 4 is 22.8 Å². The molecular weight excluding hydrogens is 382 g/mol. The van der Waals surface area contributed by atoms with Crippen molar-refractivity contribution in [3.63, 3.8) is 0 Å². The van der Waals surface area contributed by atoms with E-state index < -0.39 is 17.7 Å². The van der Waals surface area contributed by atoms with Crippen LogP contribution in [0.4, 0.5) is 0 Å². The van der Waals surface area contributed by atoms with Gasteiger partial charge in [-0.3, -0.25) is 9.59 Å². The van der Waals surface area contributed by atoms with E-state index in [1.807, 2.05) is 32.0 Å². The van der Waals surface area contributed by atoms with Gasteiger partial charge in [-0.25, -0.2) is 4.79 Å². The first-order valence-electron chi connectivity index (χ1n) is 10.8. The Morgan fingerprint density at radius 3 is 2.60 bits per heavy atom. The van der Waals surface area contributed by atoms with E-state index >= 15 is 0 Å². The van der Waals surface area contributed by atoms with Crippen molar-refractivity contribution in [2.75, 3.05) is 7.05 Å². The zero-order valence-corrected chi connectivity index (χ0v) is 18.3. The molecule has 1 saturated carbocycles. The molecule has 0 unspecified atom stereocenters. The number of carbonyl (C=O) groups is 2. The summed E-state index contributed by atoms with van der Waals surface area (Å²) in [6.07, 6.45) is 4.88. The highest BCUT2D eigenvalue weighted by Crippen LogP contribution is 2.23. The summed E-state index contributed by atoms with van der Waals surface area (Å²) in [5.41, 5.74) is 2.42. The maximum atomic E-state index is 12.6. The smallest absolute Gasteiger partial charge is 0.339 e. The third kappa shape index (κ3) is 4.91. The van der Waals surface area contributed by atoms with Gasteiger partial charge < -0.3 is 14.1 Å². The monoisotopic (exact) mass is 413 g/mol. The van der Waals surface area contributed by atoms with Crippen LogP contribution in [0.5, 0.6) is 0 Å². The lowest BCUT2D eigenvalue weighted by molar-refractivity contribution is -0.159. The first-order chi connectivity index (χ1) is 14.3. The maximum absolute atomic E-state index is 12.6. The molecule has 1 heterocycles. The molecule has 1 atom stereocenters. The first kappa shape index (κ1) is 22.1. The Bertz CT molecular complexity index is 987. The summed E-state index contributed by atoms with van der Waals surface area (Å²) < 4.78 is 10.8. The van der Waals surface area contributed by atoms with Gasteiger partial charge in [0, 0.05) is 30.5 Å². The molecule has 1 fully saturated rings. The van der Waals surface area contributed by atoms with Crippen LogP contribution in [-0.2, 0) is 20.7 Å². The van der Waals surface area contributed by atoms with E-state index in [0.29, 0.717) is 11.1 Å². The number of fused-ring (bicyclic) bond motifs is 1. The maximum Gasteiger partial charge on any atom is 0.339 e. The van der Waals surface area contributed by atoms with Crippen LogP contribution in [-0.4, -0.2) is 36.0 Å². The highest BCUT2D eigenvalue weighted by atomic mass is 16.5. The van der Waals surface area contributed by atoms with E-state index in [0.717, 1.165) is 42.2 Å². The fourth-order valence-electron chi connectivity index (χ4n) is 4.26. The van der Waals surface area contributed by atoms with Crippen LogP contribution < -0.4 is 5.63 Å². The molecule has 0 bridgehead atoms. The van der Waals surface area contributed by atoms with Crippen molar-refractivity contribution in [3.05, 3.63) is 45.3 Å². The molecule has 1 aromatic heterocycles. The molecule has 0 aliphatic heterocycles. The molecule has 3 rings (SSSR count). The lowest BCUT2D eigenvalue weighted by Gasteiger charge is -2.32. The second-order valence-corrected chi connectivity index (χ2v) is 8.37. The summed E-state index contributed by atoms with van der Waals surface area (Å²) in [7, 11) is 1.79. The molecule has 6 nitrogen and oxygen atoms in total. The summed E-state index contributed by atoms with van der Waals surface area (Å²) in [5, 5.41) is 0.862. The van der Waals surface area contributed by atoms with Gasteiger partial charge in [-0.15, -0.1) is 0 Å². The second kappa shape index (κ2) is 9.45. The fourth-order valence-corrected chi connectivity index (χ4v) is 4.26. The number of rotatable bonds is 6. The molecule has 1 aliphatic rings. The van der Waals surface area contributed by atoms with Crippen molar-refractivity contribution in [1.82, 2.24) is 4.90 Å². The highest BCUT2D eigenvalue weighted by molar-refractivity contribution is 5.84. The van der Waals surface area contributed by atoms with Crippen LogP contribution in [0, 0.1) is 13.8 Å². The van der Waals surface area contributed by atoms with Crippen LogP contribution in [0.3, 0.4) is 0 Å². The van der Waals surface area contributed by atoms with Gasteiger partial charge in [0.1, 0.15) is 5.58 Å². The van der Waals surface area contributed by atoms with E-state index in [4.69, 9.17) is 9.15 Å². The molecule has 162 valence electrons.